The summed E-state index contributed by atoms with van der Waals surface area (Å²) in [6.45, 7) is 1.86. The summed E-state index contributed by atoms with van der Waals surface area (Å²) in [6.07, 6.45) is 0. The third-order valence-corrected chi connectivity index (χ3v) is 5.30. The van der Waals surface area contributed by atoms with E-state index in [0.717, 1.165) is 4.90 Å². The first kappa shape index (κ1) is 21.0. The van der Waals surface area contributed by atoms with Crippen molar-refractivity contribution in [3.05, 3.63) is 51.7 Å². The van der Waals surface area contributed by atoms with Crippen molar-refractivity contribution < 1.29 is 19.2 Å². The van der Waals surface area contributed by atoms with Gasteiger partial charge in [0, 0.05) is 25.2 Å². The van der Waals surface area contributed by atoms with Gasteiger partial charge in [0.1, 0.15) is 0 Å². The number of ether oxygens (including phenoxy) is 1. The molecule has 1 atom stereocenters. The highest BCUT2D eigenvalue weighted by atomic mass is 16.6. The van der Waals surface area contributed by atoms with Crippen LogP contribution in [0.2, 0.25) is 0 Å². The van der Waals surface area contributed by atoms with Gasteiger partial charge < -0.3 is 15.0 Å². The summed E-state index contributed by atoms with van der Waals surface area (Å²) in [5.41, 5.74) is 1.67. The number of nitrogens with two attached hydrogens (primary N) is 1. The van der Waals surface area contributed by atoms with Gasteiger partial charge in [-0.1, -0.05) is 0 Å². The number of non-ortho nitro benzene ring substituents is 1. The monoisotopic (exact) mass is 440 g/mol. The van der Waals surface area contributed by atoms with Crippen molar-refractivity contribution in [1.82, 2.24) is 15.5 Å². The van der Waals surface area contributed by atoms with Crippen molar-refractivity contribution in [2.75, 3.05) is 35.5 Å². The second kappa shape index (κ2) is 7.77. The van der Waals surface area contributed by atoms with Gasteiger partial charge in [0.25, 0.3) is 11.6 Å². The van der Waals surface area contributed by atoms with Crippen LogP contribution in [-0.2, 0) is 4.79 Å². The van der Waals surface area contributed by atoms with Crippen LogP contribution in [0.3, 0.4) is 0 Å². The van der Waals surface area contributed by atoms with E-state index in [1.807, 2.05) is 0 Å². The van der Waals surface area contributed by atoms with Crippen molar-refractivity contribution in [3.63, 3.8) is 0 Å². The molecule has 1 aromatic carbocycles. The van der Waals surface area contributed by atoms with E-state index in [1.54, 1.807) is 18.9 Å². The number of methoxy groups -OCH3 is 1. The van der Waals surface area contributed by atoms with Crippen LogP contribution in [0.25, 0.3) is 0 Å². The van der Waals surface area contributed by atoms with E-state index in [9.17, 15) is 19.7 Å². The molecule has 1 fully saturated rings. The van der Waals surface area contributed by atoms with Gasteiger partial charge in [-0.05, 0) is 19.1 Å². The summed E-state index contributed by atoms with van der Waals surface area (Å²) < 4.78 is 4.97. The molecular formula is C19H20N8O5. The van der Waals surface area contributed by atoms with Gasteiger partial charge in [-0.3, -0.25) is 19.9 Å². The lowest BCUT2D eigenvalue weighted by Crippen LogP contribution is -2.58. The Morgan fingerprint density at radius 3 is 2.59 bits per heavy atom. The summed E-state index contributed by atoms with van der Waals surface area (Å²) in [5.74, 6) is 6.01. The van der Waals surface area contributed by atoms with Gasteiger partial charge in [-0.2, -0.15) is 0 Å². The first-order chi connectivity index (χ1) is 15.2. The molecule has 1 saturated heterocycles. The highest BCUT2D eigenvalue weighted by Gasteiger charge is 2.41. The number of carbonyl (C=O) groups is 2. The third kappa shape index (κ3) is 3.33. The molecule has 13 nitrogen and oxygen atoms in total. The Balaban J connectivity index is 1.77. The number of hydrazine groups is 1. The standard InChI is InChI=1S/C19H20N8O5/c1-10-17(18(28)25(19(29)21-10)15-6-7-16(32-3)23-22-15)14-9-24(2)13-8-11(27(30)31)4-5-12(13)26(14)20/h4-8,10H,9,20H2,1-3H3,(H,21,29)/b17-14+. The molecule has 32 heavy (non-hydrogen) atoms. The number of nitrogens with one attached hydrogen (secondary N) is 1. The maximum atomic E-state index is 13.4. The van der Waals surface area contributed by atoms with Gasteiger partial charge in [-0.25, -0.2) is 15.5 Å². The van der Waals surface area contributed by atoms with E-state index in [1.165, 1.54) is 42.5 Å². The molecule has 1 aromatic heterocycles. The van der Waals surface area contributed by atoms with Gasteiger partial charge in [0.05, 0.1) is 47.3 Å². The topological polar surface area (TPSA) is 160 Å². The van der Waals surface area contributed by atoms with Gasteiger partial charge >= 0.3 is 6.03 Å². The smallest absolute Gasteiger partial charge is 0.330 e. The number of benzene rings is 1. The van der Waals surface area contributed by atoms with Gasteiger partial charge in [-0.15, -0.1) is 10.2 Å². The number of rotatable bonds is 3. The zero-order chi connectivity index (χ0) is 23.2. The predicted molar refractivity (Wildman–Crippen MR) is 114 cm³/mol. The zero-order valence-electron chi connectivity index (χ0n) is 17.5. The van der Waals surface area contributed by atoms with Gasteiger partial charge in [0.15, 0.2) is 5.82 Å². The number of likely N-dealkylation sites (N-methyl/N-ethyl adjacent to an activating group) is 1. The number of nitrogens with zero attached hydrogens (tertiary/aromatic N) is 6. The first-order valence-electron chi connectivity index (χ1n) is 9.53. The minimum atomic E-state index is -0.643. The number of hydrogen-bond acceptors (Lipinski definition) is 10. The van der Waals surface area contributed by atoms with Crippen molar-refractivity contribution in [1.29, 1.82) is 0 Å². The molecule has 13 heteroatoms. The van der Waals surface area contributed by atoms with E-state index in [2.05, 4.69) is 15.5 Å². The number of hydrogen-bond donors (Lipinski definition) is 2. The third-order valence-electron chi connectivity index (χ3n) is 5.30. The van der Waals surface area contributed by atoms with Crippen molar-refractivity contribution >= 4 is 34.8 Å². The summed E-state index contributed by atoms with van der Waals surface area (Å²) in [7, 11) is 3.16. The Kier molecular flexibility index (Phi) is 5.10. The van der Waals surface area contributed by atoms with Crippen LogP contribution in [0.15, 0.2) is 41.6 Å². The van der Waals surface area contributed by atoms with Crippen molar-refractivity contribution in [2.24, 2.45) is 5.84 Å². The number of fused-ring (bicyclic) bond motifs is 1. The molecular weight excluding hydrogens is 420 g/mol. The largest absolute Gasteiger partial charge is 0.480 e. The first-order valence-corrected chi connectivity index (χ1v) is 9.53. The number of anilines is 3. The normalized spacial score (nSPS) is 20.8. The number of nitro benzene ring substituents is 1. The van der Waals surface area contributed by atoms with Crippen LogP contribution in [0.4, 0.5) is 27.7 Å². The van der Waals surface area contributed by atoms with E-state index in [-0.39, 0.29) is 29.5 Å². The average Bonchev–Trinajstić information content (AvgIpc) is 2.76. The molecule has 0 bridgehead atoms. The maximum Gasteiger partial charge on any atom is 0.330 e. The molecule has 4 rings (SSSR count). The van der Waals surface area contributed by atoms with Crippen LogP contribution < -0.4 is 30.7 Å². The molecule has 3 amide bonds. The highest BCUT2D eigenvalue weighted by molar-refractivity contribution is 6.23. The number of urea groups is 1. The van der Waals surface area contributed by atoms with Crippen LogP contribution >= 0.6 is 0 Å². The number of imide groups is 1. The number of aromatic nitrogens is 2. The Morgan fingerprint density at radius 2 is 1.97 bits per heavy atom. The second-order valence-corrected chi connectivity index (χ2v) is 7.26. The second-order valence-electron chi connectivity index (χ2n) is 7.26. The molecule has 1 unspecified atom stereocenters. The molecule has 3 N–H and O–H groups in total. The number of carbonyl (C=O) groups excluding carboxylic acids is 2. The number of amides is 3. The molecule has 3 heterocycles. The lowest BCUT2D eigenvalue weighted by atomic mass is 9.99. The fraction of sp³-hybridized carbons (Fsp3) is 0.263. The Morgan fingerprint density at radius 1 is 1.22 bits per heavy atom. The Labute approximate surface area is 182 Å². The quantitative estimate of drug-likeness (QED) is 0.304. The Hall–Kier alpha value is -4.26. The van der Waals surface area contributed by atoms with Crippen LogP contribution in [-0.4, -0.2) is 53.8 Å². The van der Waals surface area contributed by atoms with Crippen molar-refractivity contribution in [2.45, 2.75) is 13.0 Å². The number of nitro groups is 1. The molecule has 166 valence electrons. The maximum absolute atomic E-state index is 13.4. The predicted octanol–water partition coefficient (Wildman–Crippen LogP) is 0.922. The van der Waals surface area contributed by atoms with Crippen LogP contribution in [0.5, 0.6) is 5.88 Å². The molecule has 0 saturated carbocycles. The van der Waals surface area contributed by atoms with Crippen molar-refractivity contribution in [3.8, 4) is 5.88 Å². The summed E-state index contributed by atoms with van der Waals surface area (Å²) in [5, 5.41) is 22.9. The zero-order valence-corrected chi connectivity index (χ0v) is 17.5. The highest BCUT2D eigenvalue weighted by Crippen LogP contribution is 2.38. The van der Waals surface area contributed by atoms with E-state index in [4.69, 9.17) is 10.6 Å². The fourth-order valence-electron chi connectivity index (χ4n) is 3.72. The van der Waals surface area contributed by atoms with E-state index >= 15 is 0 Å². The Bertz CT molecular complexity index is 1150. The summed E-state index contributed by atoms with van der Waals surface area (Å²) >= 11 is 0. The van der Waals surface area contributed by atoms with Gasteiger partial charge in [0.2, 0.25) is 5.88 Å². The molecule has 0 radical (unpaired) electrons. The lowest BCUT2D eigenvalue weighted by molar-refractivity contribution is -0.384. The molecule has 2 aromatic rings. The SMILES string of the molecule is COc1ccc(N2C(=O)NC(C)/C(=C3/CN(C)c4cc([N+](=O)[O-])ccc4N3N)C2=O)nn1. The fourth-order valence-corrected chi connectivity index (χ4v) is 3.72. The molecule has 2 aliphatic rings. The van der Waals surface area contributed by atoms with Crippen LogP contribution in [0.1, 0.15) is 6.92 Å². The molecule has 0 spiro atoms. The summed E-state index contributed by atoms with van der Waals surface area (Å²) in [4.78, 5) is 39.3. The minimum Gasteiger partial charge on any atom is -0.480 e. The molecule has 2 aliphatic heterocycles. The summed E-state index contributed by atoms with van der Waals surface area (Å²) in [6, 6.07) is 5.94. The average molecular weight is 440 g/mol. The van der Waals surface area contributed by atoms with Crippen LogP contribution in [0, 0.1) is 10.1 Å². The lowest BCUT2D eigenvalue weighted by Gasteiger charge is -2.40. The molecule has 0 aliphatic carbocycles. The van der Waals surface area contributed by atoms with E-state index < -0.39 is 22.9 Å². The minimum absolute atomic E-state index is 0.0297. The van der Waals surface area contributed by atoms with E-state index in [0.29, 0.717) is 17.1 Å².